The molecule has 1 rings (SSSR count). The predicted octanol–water partition coefficient (Wildman–Crippen LogP) is 2.01. The molecule has 0 spiro atoms. The topological polar surface area (TPSA) is 69.2 Å². The number of nitrogens with two attached hydrogens (primary N) is 1. The molecule has 15 heavy (non-hydrogen) atoms. The van der Waals surface area contributed by atoms with Crippen molar-refractivity contribution >= 4 is 5.69 Å². The summed E-state index contributed by atoms with van der Waals surface area (Å²) in [6.07, 6.45) is 0.135. The molecule has 0 aliphatic heterocycles. The van der Waals surface area contributed by atoms with E-state index in [4.69, 9.17) is 5.73 Å². The molecule has 5 heteroatoms. The van der Waals surface area contributed by atoms with E-state index in [0.717, 1.165) is 0 Å². The molecule has 0 atom stereocenters. The fourth-order valence-electron chi connectivity index (χ4n) is 1.35. The number of nitro benzene ring substituents is 1. The fraction of sp³-hybridized carbons (Fsp3) is 0.400. The average molecular weight is 212 g/mol. The van der Waals surface area contributed by atoms with E-state index in [9.17, 15) is 14.5 Å². The molecule has 4 nitrogen and oxygen atoms in total. The summed E-state index contributed by atoms with van der Waals surface area (Å²) >= 11 is 0. The minimum Gasteiger partial charge on any atom is -0.325 e. The van der Waals surface area contributed by atoms with E-state index in [-0.39, 0.29) is 17.7 Å². The van der Waals surface area contributed by atoms with Gasteiger partial charge in [-0.1, -0.05) is 6.07 Å². The third kappa shape index (κ3) is 2.99. The number of benzene rings is 1. The van der Waals surface area contributed by atoms with Crippen LogP contribution < -0.4 is 5.73 Å². The van der Waals surface area contributed by atoms with Gasteiger partial charge < -0.3 is 5.73 Å². The summed E-state index contributed by atoms with van der Waals surface area (Å²) in [7, 11) is 0. The zero-order valence-corrected chi connectivity index (χ0v) is 8.66. The standard InChI is InChI=1S/C10H13FN2O2/c1-10(2,12)6-7-8(11)4-3-5-9(7)13(14)15/h3-5H,6,12H2,1-2H3. The van der Waals surface area contributed by atoms with Crippen LogP contribution in [-0.4, -0.2) is 10.5 Å². The first-order chi connectivity index (χ1) is 6.81. The summed E-state index contributed by atoms with van der Waals surface area (Å²) in [6, 6.07) is 3.80. The van der Waals surface area contributed by atoms with Crippen molar-refractivity contribution in [1.29, 1.82) is 0 Å². The van der Waals surface area contributed by atoms with Gasteiger partial charge in [-0.2, -0.15) is 0 Å². The smallest absolute Gasteiger partial charge is 0.275 e. The van der Waals surface area contributed by atoms with Crippen molar-refractivity contribution in [3.8, 4) is 0 Å². The first kappa shape index (κ1) is 11.6. The Balaban J connectivity index is 3.19. The number of halogens is 1. The highest BCUT2D eigenvalue weighted by atomic mass is 19.1. The maximum absolute atomic E-state index is 13.4. The quantitative estimate of drug-likeness (QED) is 0.615. The van der Waals surface area contributed by atoms with E-state index < -0.39 is 16.3 Å². The Morgan fingerprint density at radius 1 is 1.53 bits per heavy atom. The van der Waals surface area contributed by atoms with Crippen molar-refractivity contribution in [2.24, 2.45) is 5.73 Å². The van der Waals surface area contributed by atoms with Gasteiger partial charge in [-0.15, -0.1) is 0 Å². The van der Waals surface area contributed by atoms with Crippen molar-refractivity contribution in [3.05, 3.63) is 39.7 Å². The number of rotatable bonds is 3. The molecule has 2 N–H and O–H groups in total. The van der Waals surface area contributed by atoms with Gasteiger partial charge in [0, 0.05) is 11.6 Å². The Kier molecular flexibility index (Phi) is 3.04. The minimum atomic E-state index is -0.674. The Hall–Kier alpha value is -1.49. The second-order valence-corrected chi connectivity index (χ2v) is 4.16. The summed E-state index contributed by atoms with van der Waals surface area (Å²) in [6.45, 7) is 3.40. The lowest BCUT2D eigenvalue weighted by Crippen LogP contribution is -2.35. The summed E-state index contributed by atoms with van der Waals surface area (Å²) in [5, 5.41) is 10.7. The van der Waals surface area contributed by atoms with Crippen molar-refractivity contribution in [3.63, 3.8) is 0 Å². The Bertz CT molecular complexity index is 385. The van der Waals surface area contributed by atoms with Crippen LogP contribution in [-0.2, 0) is 6.42 Å². The van der Waals surface area contributed by atoms with Crippen LogP contribution in [0.25, 0.3) is 0 Å². The van der Waals surface area contributed by atoms with Crippen LogP contribution in [0.2, 0.25) is 0 Å². The maximum atomic E-state index is 13.4. The second kappa shape index (κ2) is 3.94. The highest BCUT2D eigenvalue weighted by Crippen LogP contribution is 2.24. The minimum absolute atomic E-state index is 0.0648. The first-order valence-electron chi connectivity index (χ1n) is 4.52. The predicted molar refractivity (Wildman–Crippen MR) is 55.0 cm³/mol. The molecule has 0 aromatic heterocycles. The molecule has 0 amide bonds. The first-order valence-corrected chi connectivity index (χ1v) is 4.52. The zero-order valence-electron chi connectivity index (χ0n) is 8.66. The molecular formula is C10H13FN2O2. The van der Waals surface area contributed by atoms with E-state index in [1.54, 1.807) is 13.8 Å². The molecule has 0 heterocycles. The fourth-order valence-corrected chi connectivity index (χ4v) is 1.35. The summed E-state index contributed by atoms with van der Waals surface area (Å²) in [5.41, 5.74) is 4.89. The highest BCUT2D eigenvalue weighted by Gasteiger charge is 2.23. The van der Waals surface area contributed by atoms with E-state index in [1.807, 2.05) is 0 Å². The lowest BCUT2D eigenvalue weighted by molar-refractivity contribution is -0.385. The van der Waals surface area contributed by atoms with Gasteiger partial charge in [-0.3, -0.25) is 10.1 Å². The Morgan fingerprint density at radius 3 is 2.60 bits per heavy atom. The van der Waals surface area contributed by atoms with Crippen LogP contribution in [0, 0.1) is 15.9 Å². The molecule has 0 aliphatic rings. The number of hydrogen-bond acceptors (Lipinski definition) is 3. The van der Waals surface area contributed by atoms with Crippen LogP contribution >= 0.6 is 0 Å². The van der Waals surface area contributed by atoms with Gasteiger partial charge in [0.25, 0.3) is 5.69 Å². The number of hydrogen-bond donors (Lipinski definition) is 1. The monoisotopic (exact) mass is 212 g/mol. The van der Waals surface area contributed by atoms with Crippen molar-refractivity contribution in [1.82, 2.24) is 0 Å². The van der Waals surface area contributed by atoms with E-state index >= 15 is 0 Å². The SMILES string of the molecule is CC(C)(N)Cc1c(F)cccc1[N+](=O)[O-]. The van der Waals surface area contributed by atoms with Gasteiger partial charge in [-0.25, -0.2) is 4.39 Å². The molecule has 0 saturated carbocycles. The largest absolute Gasteiger partial charge is 0.325 e. The second-order valence-electron chi connectivity index (χ2n) is 4.16. The molecule has 0 radical (unpaired) electrons. The van der Waals surface area contributed by atoms with Crippen LogP contribution in [0.3, 0.4) is 0 Å². The van der Waals surface area contributed by atoms with Crippen molar-refractivity contribution in [2.75, 3.05) is 0 Å². The summed E-state index contributed by atoms with van der Waals surface area (Å²) < 4.78 is 13.4. The van der Waals surface area contributed by atoms with Gasteiger partial charge in [0.05, 0.1) is 10.5 Å². The molecule has 82 valence electrons. The molecule has 1 aromatic carbocycles. The van der Waals surface area contributed by atoms with Crippen molar-refractivity contribution in [2.45, 2.75) is 25.8 Å². The zero-order chi connectivity index (χ0) is 11.6. The molecule has 0 unspecified atom stereocenters. The molecule has 1 aromatic rings. The summed E-state index contributed by atoms with van der Waals surface area (Å²) in [4.78, 5) is 10.1. The van der Waals surface area contributed by atoms with Crippen LogP contribution in [0.5, 0.6) is 0 Å². The van der Waals surface area contributed by atoms with Gasteiger partial charge in [0.2, 0.25) is 0 Å². The van der Waals surface area contributed by atoms with Gasteiger partial charge in [0.15, 0.2) is 0 Å². The maximum Gasteiger partial charge on any atom is 0.275 e. The van der Waals surface area contributed by atoms with E-state index in [0.29, 0.717) is 0 Å². The van der Waals surface area contributed by atoms with Crippen LogP contribution in [0.4, 0.5) is 10.1 Å². The van der Waals surface area contributed by atoms with Crippen molar-refractivity contribution < 1.29 is 9.31 Å². The van der Waals surface area contributed by atoms with Gasteiger partial charge >= 0.3 is 0 Å². The van der Waals surface area contributed by atoms with Crippen LogP contribution in [0.1, 0.15) is 19.4 Å². The number of nitrogens with zero attached hydrogens (tertiary/aromatic N) is 1. The average Bonchev–Trinajstić information content (AvgIpc) is 2.05. The lowest BCUT2D eigenvalue weighted by atomic mass is 9.95. The normalized spacial score (nSPS) is 11.5. The highest BCUT2D eigenvalue weighted by molar-refractivity contribution is 5.41. The molecule has 0 fully saturated rings. The molecule has 0 saturated heterocycles. The third-order valence-corrected chi connectivity index (χ3v) is 1.92. The van der Waals surface area contributed by atoms with Gasteiger partial charge in [0.1, 0.15) is 5.82 Å². The Labute approximate surface area is 87.0 Å². The van der Waals surface area contributed by atoms with E-state index in [1.165, 1.54) is 18.2 Å². The molecule has 0 bridgehead atoms. The number of nitro groups is 1. The summed E-state index contributed by atoms with van der Waals surface area (Å²) in [5.74, 6) is -0.581. The van der Waals surface area contributed by atoms with Crippen LogP contribution in [0.15, 0.2) is 18.2 Å². The lowest BCUT2D eigenvalue weighted by Gasteiger charge is -2.18. The molecule has 0 aliphatic carbocycles. The molecular weight excluding hydrogens is 199 g/mol. The Morgan fingerprint density at radius 2 is 2.13 bits per heavy atom. The van der Waals surface area contributed by atoms with E-state index in [2.05, 4.69) is 0 Å². The third-order valence-electron chi connectivity index (χ3n) is 1.92. The van der Waals surface area contributed by atoms with Gasteiger partial charge in [-0.05, 0) is 26.3 Å².